The third-order valence-electron chi connectivity index (χ3n) is 5.01. The fourth-order valence-electron chi connectivity index (χ4n) is 3.83. The zero-order valence-corrected chi connectivity index (χ0v) is 15.8. The summed E-state index contributed by atoms with van der Waals surface area (Å²) in [7, 11) is 0. The highest BCUT2D eigenvalue weighted by molar-refractivity contribution is 7.12. The molecule has 25 heavy (non-hydrogen) atoms. The van der Waals surface area contributed by atoms with Gasteiger partial charge in [-0.15, -0.1) is 11.3 Å². The molecule has 0 aromatic carbocycles. The number of nitrogens with zero attached hydrogens (tertiary/aromatic N) is 1. The first-order valence-corrected chi connectivity index (χ1v) is 9.84. The maximum atomic E-state index is 12.6. The van der Waals surface area contributed by atoms with E-state index in [0.717, 1.165) is 16.9 Å². The van der Waals surface area contributed by atoms with E-state index in [1.165, 1.54) is 16.9 Å². The Bertz CT molecular complexity index is 728. The zero-order chi connectivity index (χ0) is 17.6. The normalized spacial score (nSPS) is 28.8. The Kier molecular flexibility index (Phi) is 4.34. The van der Waals surface area contributed by atoms with Crippen molar-refractivity contribution >= 4 is 17.2 Å². The molecular formula is C20H25NO3S. The van der Waals surface area contributed by atoms with Gasteiger partial charge in [-0.25, -0.2) is 0 Å². The van der Waals surface area contributed by atoms with E-state index in [1.807, 2.05) is 10.3 Å². The highest BCUT2D eigenvalue weighted by atomic mass is 32.1. The molecule has 0 saturated carbocycles. The number of hydrogen-bond donors (Lipinski definition) is 0. The SMILES string of the molecule is CC(C)(C)O[C@H]1[C@@H](CN2Cc3ccsc3C2=O)OCC[C@H]1C1=CC=C1. The lowest BCUT2D eigenvalue weighted by Crippen LogP contribution is -2.51. The minimum Gasteiger partial charge on any atom is -0.374 e. The number of amides is 1. The Morgan fingerprint density at radius 2 is 2.20 bits per heavy atom. The molecule has 3 atom stereocenters. The second kappa shape index (κ2) is 6.38. The summed E-state index contributed by atoms with van der Waals surface area (Å²) in [5.74, 6) is 0.475. The molecule has 1 aromatic heterocycles. The predicted octanol–water partition coefficient (Wildman–Crippen LogP) is 3.79. The number of thiophene rings is 1. The van der Waals surface area contributed by atoms with E-state index >= 15 is 0 Å². The van der Waals surface area contributed by atoms with Gasteiger partial charge in [0.2, 0.25) is 0 Å². The number of carbonyl (C=O) groups excluding carboxylic acids is 1. The molecule has 134 valence electrons. The predicted molar refractivity (Wildman–Crippen MR) is 98.8 cm³/mol. The third kappa shape index (κ3) is 3.33. The Balaban J connectivity index is 1.52. The molecule has 1 aliphatic carbocycles. The minimum atomic E-state index is -0.247. The largest absolute Gasteiger partial charge is 0.374 e. The lowest BCUT2D eigenvalue weighted by Gasteiger charge is -2.43. The molecule has 0 unspecified atom stereocenters. The van der Waals surface area contributed by atoms with Gasteiger partial charge in [0.1, 0.15) is 6.10 Å². The van der Waals surface area contributed by atoms with Crippen LogP contribution in [0.15, 0.2) is 35.2 Å². The average molecular weight is 359 g/mol. The van der Waals surface area contributed by atoms with Crippen molar-refractivity contribution in [1.82, 2.24) is 4.90 Å². The van der Waals surface area contributed by atoms with E-state index in [1.54, 1.807) is 0 Å². The van der Waals surface area contributed by atoms with Gasteiger partial charge in [-0.1, -0.05) is 18.2 Å². The standard InChI is InChI=1S/C20H25NO3S/c1-20(2,3)24-17-15(13-5-4-6-13)7-9-23-16(17)12-21-11-14-8-10-25-18(14)19(21)22/h4-6,8,10,15-17H,7,9,11-12H2,1-3H3/t15-,16+,17+/m0/s1. The smallest absolute Gasteiger partial charge is 0.264 e. The van der Waals surface area contributed by atoms with Crippen LogP contribution in [0.4, 0.5) is 0 Å². The monoisotopic (exact) mass is 359 g/mol. The maximum Gasteiger partial charge on any atom is 0.264 e. The van der Waals surface area contributed by atoms with Gasteiger partial charge in [0, 0.05) is 19.1 Å². The van der Waals surface area contributed by atoms with Crippen LogP contribution >= 0.6 is 11.3 Å². The minimum absolute atomic E-state index is 0.0311. The highest BCUT2D eigenvalue weighted by Gasteiger charge is 2.42. The summed E-state index contributed by atoms with van der Waals surface area (Å²) >= 11 is 1.53. The maximum absolute atomic E-state index is 12.6. The first-order valence-electron chi connectivity index (χ1n) is 8.96. The summed E-state index contributed by atoms with van der Waals surface area (Å²) < 4.78 is 12.5. The average Bonchev–Trinajstić information content (AvgIpc) is 3.03. The summed E-state index contributed by atoms with van der Waals surface area (Å²) in [6, 6.07) is 2.05. The second-order valence-electron chi connectivity index (χ2n) is 7.99. The Morgan fingerprint density at radius 3 is 2.84 bits per heavy atom. The molecule has 3 heterocycles. The topological polar surface area (TPSA) is 38.8 Å². The van der Waals surface area contributed by atoms with Gasteiger partial charge < -0.3 is 14.4 Å². The van der Waals surface area contributed by atoms with Crippen LogP contribution < -0.4 is 0 Å². The summed E-state index contributed by atoms with van der Waals surface area (Å²) in [6.45, 7) is 8.24. The van der Waals surface area contributed by atoms with Crippen LogP contribution in [-0.2, 0) is 16.0 Å². The van der Waals surface area contributed by atoms with Crippen molar-refractivity contribution in [3.05, 3.63) is 45.7 Å². The quantitative estimate of drug-likeness (QED) is 0.821. The Morgan fingerprint density at radius 1 is 1.40 bits per heavy atom. The van der Waals surface area contributed by atoms with E-state index in [9.17, 15) is 4.79 Å². The van der Waals surface area contributed by atoms with Crippen LogP contribution in [0.3, 0.4) is 0 Å². The van der Waals surface area contributed by atoms with E-state index in [-0.39, 0.29) is 23.7 Å². The van der Waals surface area contributed by atoms with Gasteiger partial charge in [-0.3, -0.25) is 4.79 Å². The number of rotatable bonds is 4. The number of ether oxygens (including phenoxy) is 2. The Hall–Kier alpha value is -1.43. The molecule has 1 fully saturated rings. The van der Waals surface area contributed by atoms with Crippen molar-refractivity contribution in [3.63, 3.8) is 0 Å². The molecule has 4 nitrogen and oxygen atoms in total. The van der Waals surface area contributed by atoms with Gasteiger partial charge in [0.15, 0.2) is 0 Å². The molecular weight excluding hydrogens is 334 g/mol. The van der Waals surface area contributed by atoms with Crippen LogP contribution in [0.25, 0.3) is 0 Å². The number of carbonyl (C=O) groups is 1. The molecule has 1 aromatic rings. The van der Waals surface area contributed by atoms with Crippen LogP contribution in [0, 0.1) is 5.92 Å². The second-order valence-corrected chi connectivity index (χ2v) is 8.90. The molecule has 4 rings (SSSR count). The number of fused-ring (bicyclic) bond motifs is 1. The van der Waals surface area contributed by atoms with E-state index in [2.05, 4.69) is 45.1 Å². The highest BCUT2D eigenvalue weighted by Crippen LogP contribution is 2.36. The van der Waals surface area contributed by atoms with Gasteiger partial charge in [-0.05, 0) is 49.8 Å². The van der Waals surface area contributed by atoms with Gasteiger partial charge in [-0.2, -0.15) is 0 Å². The van der Waals surface area contributed by atoms with E-state index < -0.39 is 0 Å². The summed E-state index contributed by atoms with van der Waals surface area (Å²) in [5, 5.41) is 1.99. The molecule has 1 amide bonds. The van der Waals surface area contributed by atoms with Gasteiger partial charge in [0.05, 0.1) is 23.1 Å². The van der Waals surface area contributed by atoms with Crippen molar-refractivity contribution in [1.29, 1.82) is 0 Å². The fraction of sp³-hybridized carbons (Fsp3) is 0.550. The molecule has 0 N–H and O–H groups in total. The van der Waals surface area contributed by atoms with Crippen molar-refractivity contribution in [2.45, 2.75) is 51.5 Å². The summed E-state index contributed by atoms with van der Waals surface area (Å²) in [4.78, 5) is 15.4. The number of allylic oxidation sites excluding steroid dienone is 3. The molecule has 2 aliphatic heterocycles. The summed E-state index contributed by atoms with van der Waals surface area (Å²) in [5.41, 5.74) is 2.23. The molecule has 1 saturated heterocycles. The molecule has 5 heteroatoms. The molecule has 0 spiro atoms. The van der Waals surface area contributed by atoms with E-state index in [0.29, 0.717) is 25.6 Å². The van der Waals surface area contributed by atoms with Crippen LogP contribution in [0.2, 0.25) is 0 Å². The first kappa shape index (κ1) is 17.0. The van der Waals surface area contributed by atoms with Crippen LogP contribution in [-0.4, -0.2) is 41.8 Å². The summed E-state index contributed by atoms with van der Waals surface area (Å²) in [6.07, 6.45) is 7.27. The lowest BCUT2D eigenvalue weighted by atomic mass is 9.82. The van der Waals surface area contributed by atoms with Gasteiger partial charge >= 0.3 is 0 Å². The lowest BCUT2D eigenvalue weighted by molar-refractivity contribution is -0.173. The third-order valence-corrected chi connectivity index (χ3v) is 5.95. The van der Waals surface area contributed by atoms with Crippen molar-refractivity contribution < 1.29 is 14.3 Å². The van der Waals surface area contributed by atoms with Crippen molar-refractivity contribution in [2.24, 2.45) is 5.92 Å². The zero-order valence-electron chi connectivity index (χ0n) is 15.0. The van der Waals surface area contributed by atoms with Crippen molar-refractivity contribution in [3.8, 4) is 0 Å². The first-order chi connectivity index (χ1) is 11.9. The van der Waals surface area contributed by atoms with E-state index in [4.69, 9.17) is 9.47 Å². The molecule has 3 aliphatic rings. The Labute approximate surface area is 153 Å². The fourth-order valence-corrected chi connectivity index (χ4v) is 4.71. The van der Waals surface area contributed by atoms with Crippen LogP contribution in [0.5, 0.6) is 0 Å². The number of hydrogen-bond acceptors (Lipinski definition) is 4. The van der Waals surface area contributed by atoms with Gasteiger partial charge in [0.25, 0.3) is 5.91 Å². The molecule has 0 bridgehead atoms. The molecule has 0 radical (unpaired) electrons. The van der Waals surface area contributed by atoms with Crippen LogP contribution in [0.1, 0.15) is 42.4 Å². The van der Waals surface area contributed by atoms with Crippen molar-refractivity contribution in [2.75, 3.05) is 13.2 Å².